The first kappa shape index (κ1) is 15.0. The summed E-state index contributed by atoms with van der Waals surface area (Å²) in [5.41, 5.74) is 2.24. The predicted molar refractivity (Wildman–Crippen MR) is 83.7 cm³/mol. The number of halogens is 1. The molecule has 2 aromatic rings. The summed E-state index contributed by atoms with van der Waals surface area (Å²) in [5.74, 6) is 1.64. The molecule has 0 atom stereocenters. The molecule has 2 heterocycles. The van der Waals surface area contributed by atoms with E-state index < -0.39 is 0 Å². The molecule has 2 aromatic heterocycles. The van der Waals surface area contributed by atoms with Gasteiger partial charge in [0.15, 0.2) is 0 Å². The highest BCUT2D eigenvalue weighted by Gasteiger charge is 2.18. The Morgan fingerprint density at radius 2 is 2.00 bits per heavy atom. The van der Waals surface area contributed by atoms with E-state index in [0.29, 0.717) is 6.54 Å². The van der Waals surface area contributed by atoms with E-state index in [1.807, 2.05) is 24.0 Å². The second-order valence-electron chi connectivity index (χ2n) is 5.88. The molecule has 0 aliphatic heterocycles. The lowest BCUT2D eigenvalue weighted by Gasteiger charge is -2.18. The van der Waals surface area contributed by atoms with Crippen molar-refractivity contribution in [3.05, 3.63) is 33.9 Å². The Balaban J connectivity index is 2.18. The molecule has 6 heteroatoms. The van der Waals surface area contributed by atoms with Gasteiger partial charge in [-0.3, -0.25) is 4.68 Å². The van der Waals surface area contributed by atoms with E-state index in [1.165, 1.54) is 5.56 Å². The van der Waals surface area contributed by atoms with Crippen molar-refractivity contribution in [3.63, 3.8) is 0 Å². The standard InChI is InChI=1S/C14H20BrN5/c1-9-10(8-17-20(9)5)7-16-12-6-11(15)18-13(19-12)14(2,3)4/h6,8H,7H2,1-5H3,(H,16,18,19). The van der Waals surface area contributed by atoms with Crippen molar-refractivity contribution in [1.82, 2.24) is 19.7 Å². The van der Waals surface area contributed by atoms with Crippen LogP contribution in [0.25, 0.3) is 0 Å². The third kappa shape index (κ3) is 3.36. The number of nitrogens with one attached hydrogen (secondary N) is 1. The van der Waals surface area contributed by atoms with Gasteiger partial charge in [-0.1, -0.05) is 20.8 Å². The summed E-state index contributed by atoms with van der Waals surface area (Å²) >= 11 is 3.44. The summed E-state index contributed by atoms with van der Waals surface area (Å²) in [6.07, 6.45) is 1.88. The van der Waals surface area contributed by atoms with Crippen molar-refractivity contribution in [2.24, 2.45) is 7.05 Å². The Morgan fingerprint density at radius 3 is 2.55 bits per heavy atom. The third-order valence-corrected chi connectivity index (χ3v) is 3.57. The Bertz CT molecular complexity index is 613. The maximum atomic E-state index is 4.58. The van der Waals surface area contributed by atoms with Crippen molar-refractivity contribution >= 4 is 21.7 Å². The van der Waals surface area contributed by atoms with Gasteiger partial charge in [-0.05, 0) is 22.9 Å². The molecule has 1 N–H and O–H groups in total. The van der Waals surface area contributed by atoms with E-state index in [-0.39, 0.29) is 5.41 Å². The number of aryl methyl sites for hydroxylation is 1. The van der Waals surface area contributed by atoms with Crippen molar-refractivity contribution in [3.8, 4) is 0 Å². The molecular weight excluding hydrogens is 318 g/mol. The van der Waals surface area contributed by atoms with E-state index in [0.717, 1.165) is 21.9 Å². The average Bonchev–Trinajstić information content (AvgIpc) is 2.66. The molecule has 0 saturated heterocycles. The zero-order chi connectivity index (χ0) is 14.9. The van der Waals surface area contributed by atoms with Crippen LogP contribution in [0.15, 0.2) is 16.9 Å². The second-order valence-corrected chi connectivity index (χ2v) is 6.69. The first-order valence-corrected chi connectivity index (χ1v) is 7.33. The monoisotopic (exact) mass is 337 g/mol. The predicted octanol–water partition coefficient (Wildman–Crippen LogP) is 3.19. The highest BCUT2D eigenvalue weighted by atomic mass is 79.9. The zero-order valence-corrected chi connectivity index (χ0v) is 14.1. The van der Waals surface area contributed by atoms with Gasteiger partial charge in [0.2, 0.25) is 0 Å². The topological polar surface area (TPSA) is 55.6 Å². The minimum Gasteiger partial charge on any atom is -0.366 e. The lowest BCUT2D eigenvalue weighted by Crippen LogP contribution is -2.17. The molecule has 108 valence electrons. The SMILES string of the molecule is Cc1c(CNc2cc(Br)nc(C(C)(C)C)n2)cnn1C. The molecule has 0 bridgehead atoms. The molecule has 0 aliphatic carbocycles. The Hall–Kier alpha value is -1.43. The fraction of sp³-hybridized carbons (Fsp3) is 0.500. The van der Waals surface area contributed by atoms with Crippen LogP contribution in [0.5, 0.6) is 0 Å². The van der Waals surface area contributed by atoms with Gasteiger partial charge in [-0.15, -0.1) is 0 Å². The van der Waals surface area contributed by atoms with E-state index in [4.69, 9.17) is 0 Å². The molecule has 0 aliphatic rings. The van der Waals surface area contributed by atoms with Crippen LogP contribution in [0.3, 0.4) is 0 Å². The fourth-order valence-electron chi connectivity index (χ4n) is 1.75. The highest BCUT2D eigenvalue weighted by Crippen LogP contribution is 2.22. The van der Waals surface area contributed by atoms with E-state index in [1.54, 1.807) is 0 Å². The minimum absolute atomic E-state index is 0.0789. The Kier molecular flexibility index (Phi) is 4.13. The maximum absolute atomic E-state index is 4.58. The molecule has 0 fully saturated rings. The normalized spacial score (nSPS) is 11.7. The number of hydrogen-bond acceptors (Lipinski definition) is 4. The van der Waals surface area contributed by atoms with Crippen LogP contribution in [0.2, 0.25) is 0 Å². The van der Waals surface area contributed by atoms with Crippen LogP contribution in [0, 0.1) is 6.92 Å². The van der Waals surface area contributed by atoms with Gasteiger partial charge in [0.05, 0.1) is 6.20 Å². The van der Waals surface area contributed by atoms with Crippen LogP contribution in [0.1, 0.15) is 37.9 Å². The molecule has 0 saturated carbocycles. The number of anilines is 1. The van der Waals surface area contributed by atoms with Crippen molar-refractivity contribution < 1.29 is 0 Å². The first-order valence-electron chi connectivity index (χ1n) is 6.54. The number of rotatable bonds is 3. The van der Waals surface area contributed by atoms with Crippen LogP contribution < -0.4 is 5.32 Å². The average molecular weight is 338 g/mol. The Morgan fingerprint density at radius 1 is 1.30 bits per heavy atom. The first-order chi connectivity index (χ1) is 9.27. The fourth-order valence-corrected chi connectivity index (χ4v) is 2.13. The molecular formula is C14H20BrN5. The third-order valence-electron chi connectivity index (χ3n) is 3.16. The second kappa shape index (κ2) is 5.52. The van der Waals surface area contributed by atoms with E-state index in [2.05, 4.69) is 64.0 Å². The summed E-state index contributed by atoms with van der Waals surface area (Å²) in [7, 11) is 1.94. The Labute approximate surface area is 128 Å². The van der Waals surface area contributed by atoms with E-state index in [9.17, 15) is 0 Å². The molecule has 0 unspecified atom stereocenters. The summed E-state index contributed by atoms with van der Waals surface area (Å²) in [6.45, 7) is 9.06. The van der Waals surface area contributed by atoms with Crippen LogP contribution in [-0.4, -0.2) is 19.7 Å². The van der Waals surface area contributed by atoms with E-state index >= 15 is 0 Å². The minimum atomic E-state index is -0.0789. The lowest BCUT2D eigenvalue weighted by atomic mass is 9.96. The van der Waals surface area contributed by atoms with Gasteiger partial charge < -0.3 is 5.32 Å². The lowest BCUT2D eigenvalue weighted by molar-refractivity contribution is 0.544. The van der Waals surface area contributed by atoms with Gasteiger partial charge in [0.1, 0.15) is 16.2 Å². The molecule has 0 aromatic carbocycles. The molecule has 5 nitrogen and oxygen atoms in total. The molecule has 2 rings (SSSR count). The van der Waals surface area contributed by atoms with Crippen LogP contribution in [0.4, 0.5) is 5.82 Å². The summed E-state index contributed by atoms with van der Waals surface area (Å²) in [4.78, 5) is 9.01. The molecule has 0 spiro atoms. The van der Waals surface area contributed by atoms with Crippen LogP contribution >= 0.6 is 15.9 Å². The molecule has 20 heavy (non-hydrogen) atoms. The quantitative estimate of drug-likeness (QED) is 0.874. The largest absolute Gasteiger partial charge is 0.366 e. The van der Waals surface area contributed by atoms with Gasteiger partial charge >= 0.3 is 0 Å². The number of nitrogens with zero attached hydrogens (tertiary/aromatic N) is 4. The number of hydrogen-bond donors (Lipinski definition) is 1. The summed E-state index contributed by atoms with van der Waals surface area (Å²) in [6, 6.07) is 1.89. The molecule has 0 radical (unpaired) electrons. The van der Waals surface area contributed by atoms with Gasteiger partial charge in [0, 0.05) is 36.3 Å². The summed E-state index contributed by atoms with van der Waals surface area (Å²) < 4.78 is 2.66. The van der Waals surface area contributed by atoms with Gasteiger partial charge in [-0.2, -0.15) is 5.10 Å². The summed E-state index contributed by atoms with van der Waals surface area (Å²) in [5, 5.41) is 7.57. The van der Waals surface area contributed by atoms with Gasteiger partial charge in [-0.25, -0.2) is 9.97 Å². The van der Waals surface area contributed by atoms with Crippen molar-refractivity contribution in [2.45, 2.75) is 39.7 Å². The smallest absolute Gasteiger partial charge is 0.137 e. The van der Waals surface area contributed by atoms with Crippen LogP contribution in [-0.2, 0) is 19.0 Å². The maximum Gasteiger partial charge on any atom is 0.137 e. The van der Waals surface area contributed by atoms with Crippen molar-refractivity contribution in [1.29, 1.82) is 0 Å². The molecule has 0 amide bonds. The van der Waals surface area contributed by atoms with Gasteiger partial charge in [0.25, 0.3) is 0 Å². The zero-order valence-electron chi connectivity index (χ0n) is 12.5. The number of aromatic nitrogens is 4. The highest BCUT2D eigenvalue weighted by molar-refractivity contribution is 9.10. The van der Waals surface area contributed by atoms with Crippen molar-refractivity contribution in [2.75, 3.05) is 5.32 Å².